The first-order chi connectivity index (χ1) is 10.8. The Balaban J connectivity index is 1.58. The van der Waals surface area contributed by atoms with Crippen molar-refractivity contribution in [2.75, 3.05) is 13.2 Å². The first-order valence-electron chi connectivity index (χ1n) is 7.77. The first-order valence-corrected chi connectivity index (χ1v) is 8.65. The van der Waals surface area contributed by atoms with E-state index in [0.29, 0.717) is 6.61 Å². The van der Waals surface area contributed by atoms with Crippen molar-refractivity contribution in [3.63, 3.8) is 0 Å². The molecule has 1 unspecified atom stereocenters. The number of amides is 1. The lowest BCUT2D eigenvalue weighted by atomic mass is 9.98. The second-order valence-electron chi connectivity index (χ2n) is 5.54. The van der Waals surface area contributed by atoms with Gasteiger partial charge in [0.05, 0.1) is 12.6 Å². The van der Waals surface area contributed by atoms with Gasteiger partial charge in [0.25, 0.3) is 0 Å². The van der Waals surface area contributed by atoms with Crippen LogP contribution in [0.4, 0.5) is 0 Å². The monoisotopic (exact) mass is 315 g/mol. The molecule has 0 saturated heterocycles. The summed E-state index contributed by atoms with van der Waals surface area (Å²) >= 11 is 1.80. The molecule has 0 spiro atoms. The second-order valence-corrected chi connectivity index (χ2v) is 6.54. The summed E-state index contributed by atoms with van der Waals surface area (Å²) < 4.78 is 5.61. The molecule has 1 aliphatic rings. The van der Waals surface area contributed by atoms with Crippen LogP contribution in [0, 0.1) is 0 Å². The maximum atomic E-state index is 12.5. The normalized spacial score (nSPS) is 17.3. The largest absolute Gasteiger partial charge is 0.367 e. The molecule has 2 heterocycles. The second kappa shape index (κ2) is 7.07. The predicted molar refractivity (Wildman–Crippen MR) is 88.9 cm³/mol. The highest BCUT2D eigenvalue weighted by molar-refractivity contribution is 7.10. The van der Waals surface area contributed by atoms with Crippen LogP contribution in [0.1, 0.15) is 35.4 Å². The molecule has 0 bridgehead atoms. The Bertz CT molecular complexity index is 623. The Morgan fingerprint density at radius 2 is 2.14 bits per heavy atom. The minimum atomic E-state index is 0.0969. The number of thiophene rings is 1. The zero-order valence-corrected chi connectivity index (χ0v) is 13.6. The predicted octanol–water partition coefficient (Wildman–Crippen LogP) is 3.80. The molecule has 3 nitrogen and oxygen atoms in total. The fourth-order valence-corrected chi connectivity index (χ4v) is 3.98. The summed E-state index contributed by atoms with van der Waals surface area (Å²) in [6.45, 7) is 3.59. The van der Waals surface area contributed by atoms with Crippen LogP contribution in [0.5, 0.6) is 0 Å². The summed E-state index contributed by atoms with van der Waals surface area (Å²) in [6, 6.07) is 12.3. The summed E-state index contributed by atoms with van der Waals surface area (Å²) in [4.78, 5) is 15.9. The van der Waals surface area contributed by atoms with Gasteiger partial charge < -0.3 is 9.64 Å². The van der Waals surface area contributed by atoms with Gasteiger partial charge in [-0.2, -0.15) is 0 Å². The maximum absolute atomic E-state index is 12.5. The standard InChI is InChI=1S/C18H21NO2S/c1-2-16-15-9-11-22-17(15)8-10-19(16)18(20)13-21-12-14-6-4-3-5-7-14/h3-7,9,11,16H,2,8,10,12-13H2,1H3. The molecule has 0 radical (unpaired) electrons. The molecule has 4 heteroatoms. The molecular formula is C18H21NO2S. The van der Waals surface area contributed by atoms with Crippen LogP contribution in [0.2, 0.25) is 0 Å². The van der Waals surface area contributed by atoms with E-state index in [9.17, 15) is 4.79 Å². The molecule has 1 aromatic heterocycles. The van der Waals surface area contributed by atoms with E-state index < -0.39 is 0 Å². The number of carbonyl (C=O) groups is 1. The van der Waals surface area contributed by atoms with E-state index in [0.717, 1.165) is 24.9 Å². The maximum Gasteiger partial charge on any atom is 0.249 e. The average Bonchev–Trinajstić information content (AvgIpc) is 3.03. The van der Waals surface area contributed by atoms with E-state index in [-0.39, 0.29) is 18.6 Å². The van der Waals surface area contributed by atoms with E-state index in [2.05, 4.69) is 18.4 Å². The highest BCUT2D eigenvalue weighted by Crippen LogP contribution is 2.35. The number of rotatable bonds is 5. The molecule has 2 aromatic rings. The van der Waals surface area contributed by atoms with Gasteiger partial charge in [-0.05, 0) is 35.4 Å². The minimum Gasteiger partial charge on any atom is -0.367 e. The number of ether oxygens (including phenoxy) is 1. The number of hydrogen-bond acceptors (Lipinski definition) is 3. The topological polar surface area (TPSA) is 29.5 Å². The van der Waals surface area contributed by atoms with Crippen LogP contribution in [0.15, 0.2) is 41.8 Å². The molecule has 3 rings (SSSR count). The quantitative estimate of drug-likeness (QED) is 0.840. The number of carbonyl (C=O) groups excluding carboxylic acids is 1. The SMILES string of the molecule is CCC1c2ccsc2CCN1C(=O)COCc1ccccc1. The number of hydrogen-bond donors (Lipinski definition) is 0. The number of fused-ring (bicyclic) bond motifs is 1. The van der Waals surface area contributed by atoms with E-state index >= 15 is 0 Å². The van der Waals surface area contributed by atoms with E-state index in [1.807, 2.05) is 35.2 Å². The molecule has 0 N–H and O–H groups in total. The molecule has 0 aliphatic carbocycles. The first kappa shape index (κ1) is 15.3. The van der Waals surface area contributed by atoms with Crippen LogP contribution in [0.3, 0.4) is 0 Å². The van der Waals surface area contributed by atoms with Crippen molar-refractivity contribution in [1.29, 1.82) is 0 Å². The summed E-state index contributed by atoms with van der Waals surface area (Å²) in [5.41, 5.74) is 2.43. The van der Waals surface area contributed by atoms with E-state index in [1.54, 1.807) is 11.3 Å². The molecule has 1 aromatic carbocycles. The summed E-state index contributed by atoms with van der Waals surface area (Å²) in [5, 5.41) is 2.13. The average molecular weight is 315 g/mol. The lowest BCUT2D eigenvalue weighted by Gasteiger charge is -2.35. The fraction of sp³-hybridized carbons (Fsp3) is 0.389. The van der Waals surface area contributed by atoms with Crippen LogP contribution < -0.4 is 0 Å². The van der Waals surface area contributed by atoms with Gasteiger partial charge in [0.1, 0.15) is 6.61 Å². The smallest absolute Gasteiger partial charge is 0.249 e. The van der Waals surface area contributed by atoms with Crippen molar-refractivity contribution < 1.29 is 9.53 Å². The Labute approximate surface area is 135 Å². The number of nitrogens with zero attached hydrogens (tertiary/aromatic N) is 1. The lowest BCUT2D eigenvalue weighted by Crippen LogP contribution is -2.41. The third-order valence-corrected chi connectivity index (χ3v) is 5.14. The fourth-order valence-electron chi connectivity index (χ4n) is 3.05. The van der Waals surface area contributed by atoms with Crippen LogP contribution in [-0.4, -0.2) is 24.0 Å². The Kier molecular flexibility index (Phi) is 4.90. The van der Waals surface area contributed by atoms with Gasteiger partial charge in [-0.25, -0.2) is 0 Å². The molecule has 1 aliphatic heterocycles. The Morgan fingerprint density at radius 3 is 2.91 bits per heavy atom. The van der Waals surface area contributed by atoms with Gasteiger partial charge in [-0.15, -0.1) is 11.3 Å². The van der Waals surface area contributed by atoms with E-state index in [4.69, 9.17) is 4.74 Å². The van der Waals surface area contributed by atoms with Crippen LogP contribution >= 0.6 is 11.3 Å². The van der Waals surface area contributed by atoms with Gasteiger partial charge in [0.2, 0.25) is 5.91 Å². The molecule has 1 atom stereocenters. The Morgan fingerprint density at radius 1 is 1.32 bits per heavy atom. The molecule has 1 amide bonds. The molecule has 0 saturated carbocycles. The van der Waals surface area contributed by atoms with Crippen molar-refractivity contribution in [2.45, 2.75) is 32.4 Å². The molecular weight excluding hydrogens is 294 g/mol. The summed E-state index contributed by atoms with van der Waals surface area (Å²) in [6.07, 6.45) is 1.92. The molecule has 22 heavy (non-hydrogen) atoms. The van der Waals surface area contributed by atoms with Crippen molar-refractivity contribution in [3.8, 4) is 0 Å². The highest BCUT2D eigenvalue weighted by Gasteiger charge is 2.30. The Hall–Kier alpha value is -1.65. The minimum absolute atomic E-state index is 0.0969. The van der Waals surface area contributed by atoms with Crippen molar-refractivity contribution >= 4 is 17.2 Å². The molecule has 116 valence electrons. The third kappa shape index (κ3) is 3.23. The third-order valence-electron chi connectivity index (χ3n) is 4.14. The number of benzene rings is 1. The van der Waals surface area contributed by atoms with Gasteiger partial charge >= 0.3 is 0 Å². The van der Waals surface area contributed by atoms with Crippen LogP contribution in [-0.2, 0) is 22.6 Å². The van der Waals surface area contributed by atoms with E-state index in [1.165, 1.54) is 10.4 Å². The van der Waals surface area contributed by atoms with Crippen molar-refractivity contribution in [1.82, 2.24) is 4.90 Å². The summed E-state index contributed by atoms with van der Waals surface area (Å²) in [7, 11) is 0. The van der Waals surface area contributed by atoms with Gasteiger partial charge in [0, 0.05) is 11.4 Å². The highest BCUT2D eigenvalue weighted by atomic mass is 32.1. The van der Waals surface area contributed by atoms with Gasteiger partial charge in [-0.1, -0.05) is 37.3 Å². The van der Waals surface area contributed by atoms with Crippen molar-refractivity contribution in [2.24, 2.45) is 0 Å². The van der Waals surface area contributed by atoms with Gasteiger partial charge in [0.15, 0.2) is 0 Å². The van der Waals surface area contributed by atoms with Gasteiger partial charge in [-0.3, -0.25) is 4.79 Å². The summed E-state index contributed by atoms with van der Waals surface area (Å²) in [5.74, 6) is 0.0969. The van der Waals surface area contributed by atoms with Crippen molar-refractivity contribution in [3.05, 3.63) is 57.8 Å². The lowest BCUT2D eigenvalue weighted by molar-refractivity contribution is -0.139. The zero-order valence-electron chi connectivity index (χ0n) is 12.8. The van der Waals surface area contributed by atoms with Crippen LogP contribution in [0.25, 0.3) is 0 Å². The molecule has 0 fully saturated rings. The zero-order chi connectivity index (χ0) is 15.4.